The van der Waals surface area contributed by atoms with E-state index in [0.29, 0.717) is 19.7 Å². The number of benzene rings is 1. The lowest BCUT2D eigenvalue weighted by molar-refractivity contribution is -0.120. The van der Waals surface area contributed by atoms with Crippen LogP contribution in [0.2, 0.25) is 0 Å². The number of hydrogen-bond acceptors (Lipinski definition) is 5. The molecule has 1 atom stereocenters. The highest BCUT2D eigenvalue weighted by Crippen LogP contribution is 2.14. The van der Waals surface area contributed by atoms with Crippen LogP contribution < -0.4 is 10.5 Å². The largest absolute Gasteiger partial charge is 0.494 e. The van der Waals surface area contributed by atoms with Crippen molar-refractivity contribution in [2.24, 2.45) is 5.73 Å². The monoisotopic (exact) mass is 321 g/mol. The number of carbonyl (C=O) groups is 1. The van der Waals surface area contributed by atoms with Gasteiger partial charge in [0.25, 0.3) is 0 Å². The van der Waals surface area contributed by atoms with Crippen molar-refractivity contribution in [3.05, 3.63) is 29.8 Å². The molecule has 2 rings (SSSR count). The molecule has 1 aromatic rings. The van der Waals surface area contributed by atoms with Crippen LogP contribution in [0.5, 0.6) is 5.75 Å². The Morgan fingerprint density at radius 1 is 1.43 bits per heavy atom. The maximum atomic E-state index is 11.4. The van der Waals surface area contributed by atoms with Gasteiger partial charge in [-0.25, -0.2) is 0 Å². The van der Waals surface area contributed by atoms with Crippen LogP contribution in [0.1, 0.15) is 12.5 Å². The summed E-state index contributed by atoms with van der Waals surface area (Å²) < 4.78 is 11.2. The second-order valence-electron chi connectivity index (χ2n) is 5.97. The zero-order valence-corrected chi connectivity index (χ0v) is 14.0. The average Bonchev–Trinajstić information content (AvgIpc) is 2.49. The van der Waals surface area contributed by atoms with Crippen LogP contribution >= 0.6 is 0 Å². The molecule has 1 saturated heterocycles. The second kappa shape index (κ2) is 8.86. The molecule has 1 unspecified atom stereocenters. The molecule has 6 nitrogen and oxygen atoms in total. The van der Waals surface area contributed by atoms with Gasteiger partial charge in [-0.15, -0.1) is 0 Å². The van der Waals surface area contributed by atoms with E-state index in [1.165, 1.54) is 0 Å². The van der Waals surface area contributed by atoms with E-state index in [1.54, 1.807) is 0 Å². The number of hydrogen-bond donors (Lipinski definition) is 1. The van der Waals surface area contributed by atoms with Crippen molar-refractivity contribution >= 4 is 5.91 Å². The smallest absolute Gasteiger partial charge is 0.231 e. The molecule has 23 heavy (non-hydrogen) atoms. The molecule has 1 heterocycles. The molecule has 2 N–H and O–H groups in total. The molecule has 1 aliphatic heterocycles. The predicted octanol–water partition coefficient (Wildman–Crippen LogP) is 0.703. The third kappa shape index (κ3) is 6.17. The molecule has 1 aromatic carbocycles. The number of nitrogens with two attached hydrogens (primary N) is 1. The molecule has 0 aliphatic carbocycles. The van der Waals surface area contributed by atoms with Gasteiger partial charge in [-0.1, -0.05) is 12.1 Å². The quantitative estimate of drug-likeness (QED) is 0.763. The number of likely N-dealkylation sites (N-methyl/N-ethyl adjacent to an activating group) is 1. The van der Waals surface area contributed by atoms with Gasteiger partial charge in [-0.2, -0.15) is 0 Å². The molecule has 1 amide bonds. The Kier molecular flexibility index (Phi) is 6.83. The van der Waals surface area contributed by atoms with Crippen LogP contribution in [0.3, 0.4) is 0 Å². The van der Waals surface area contributed by atoms with E-state index in [-0.39, 0.29) is 18.6 Å². The van der Waals surface area contributed by atoms with Gasteiger partial charge in [0.2, 0.25) is 5.91 Å². The van der Waals surface area contributed by atoms with E-state index >= 15 is 0 Å². The van der Waals surface area contributed by atoms with Crippen LogP contribution in [-0.4, -0.2) is 68.3 Å². The van der Waals surface area contributed by atoms with Crippen molar-refractivity contribution in [1.82, 2.24) is 9.80 Å². The maximum absolute atomic E-state index is 11.4. The molecular formula is C17H27N3O3. The van der Waals surface area contributed by atoms with Crippen molar-refractivity contribution in [2.45, 2.75) is 19.6 Å². The van der Waals surface area contributed by atoms with Gasteiger partial charge < -0.3 is 20.1 Å². The summed E-state index contributed by atoms with van der Waals surface area (Å²) in [6, 6.07) is 7.94. The number of carbonyl (C=O) groups excluding carboxylic acids is 1. The Bertz CT molecular complexity index is 492. The van der Waals surface area contributed by atoms with Gasteiger partial charge in [-0.3, -0.25) is 9.69 Å². The van der Waals surface area contributed by atoms with E-state index < -0.39 is 0 Å². The van der Waals surface area contributed by atoms with Crippen molar-refractivity contribution in [3.8, 4) is 5.75 Å². The first-order valence-corrected chi connectivity index (χ1v) is 8.09. The zero-order valence-electron chi connectivity index (χ0n) is 14.0. The highest BCUT2D eigenvalue weighted by molar-refractivity contribution is 5.75. The minimum Gasteiger partial charge on any atom is -0.494 e. The number of primary amides is 1. The Balaban J connectivity index is 1.95. The van der Waals surface area contributed by atoms with Crippen LogP contribution in [-0.2, 0) is 16.1 Å². The predicted molar refractivity (Wildman–Crippen MR) is 89.3 cm³/mol. The molecule has 0 bridgehead atoms. The van der Waals surface area contributed by atoms with Crippen molar-refractivity contribution < 1.29 is 14.3 Å². The lowest BCUT2D eigenvalue weighted by atomic mass is 10.2. The number of ether oxygens (including phenoxy) is 2. The van der Waals surface area contributed by atoms with Gasteiger partial charge in [0, 0.05) is 26.2 Å². The number of amides is 1. The SMILES string of the molecule is CCOc1ccc(CN(CC(N)=O)CC2CN(C)CCO2)cc1. The molecular weight excluding hydrogens is 294 g/mol. The highest BCUT2D eigenvalue weighted by atomic mass is 16.5. The maximum Gasteiger partial charge on any atom is 0.231 e. The minimum atomic E-state index is -0.319. The van der Waals surface area contributed by atoms with Gasteiger partial charge in [-0.05, 0) is 31.7 Å². The third-order valence-electron chi connectivity index (χ3n) is 3.82. The first-order valence-electron chi connectivity index (χ1n) is 8.09. The summed E-state index contributed by atoms with van der Waals surface area (Å²) >= 11 is 0. The Morgan fingerprint density at radius 3 is 2.78 bits per heavy atom. The molecule has 1 aliphatic rings. The van der Waals surface area contributed by atoms with Gasteiger partial charge in [0.1, 0.15) is 5.75 Å². The van der Waals surface area contributed by atoms with Gasteiger partial charge >= 0.3 is 0 Å². The highest BCUT2D eigenvalue weighted by Gasteiger charge is 2.21. The molecule has 6 heteroatoms. The fourth-order valence-electron chi connectivity index (χ4n) is 2.79. The van der Waals surface area contributed by atoms with E-state index in [4.69, 9.17) is 15.2 Å². The summed E-state index contributed by atoms with van der Waals surface area (Å²) in [6.45, 7) is 6.76. The number of morpholine rings is 1. The minimum absolute atomic E-state index is 0.107. The summed E-state index contributed by atoms with van der Waals surface area (Å²) in [4.78, 5) is 15.6. The summed E-state index contributed by atoms with van der Waals surface area (Å²) in [5, 5.41) is 0. The average molecular weight is 321 g/mol. The summed E-state index contributed by atoms with van der Waals surface area (Å²) in [5.41, 5.74) is 6.52. The molecule has 0 radical (unpaired) electrons. The summed E-state index contributed by atoms with van der Waals surface area (Å²) in [6.07, 6.45) is 0.107. The zero-order chi connectivity index (χ0) is 16.7. The molecule has 0 saturated carbocycles. The first kappa shape index (κ1) is 17.7. The first-order chi connectivity index (χ1) is 11.1. The fourth-order valence-corrected chi connectivity index (χ4v) is 2.79. The Labute approximate surface area is 138 Å². The van der Waals surface area contributed by atoms with Crippen molar-refractivity contribution in [1.29, 1.82) is 0 Å². The second-order valence-corrected chi connectivity index (χ2v) is 5.97. The summed E-state index contributed by atoms with van der Waals surface area (Å²) in [5.74, 6) is 0.537. The number of rotatable bonds is 8. The van der Waals surface area contributed by atoms with Crippen LogP contribution in [0.4, 0.5) is 0 Å². The molecule has 1 fully saturated rings. The lowest BCUT2D eigenvalue weighted by Crippen LogP contribution is -2.47. The van der Waals surface area contributed by atoms with E-state index in [2.05, 4.69) is 11.9 Å². The lowest BCUT2D eigenvalue weighted by Gasteiger charge is -2.33. The topological polar surface area (TPSA) is 68.0 Å². The normalized spacial score (nSPS) is 19.0. The van der Waals surface area contributed by atoms with E-state index in [0.717, 1.165) is 31.0 Å². The molecule has 0 aromatic heterocycles. The fraction of sp³-hybridized carbons (Fsp3) is 0.588. The van der Waals surface area contributed by atoms with Crippen LogP contribution in [0, 0.1) is 0 Å². The Hall–Kier alpha value is -1.63. The standard InChI is InChI=1S/C17H27N3O3/c1-3-22-15-6-4-14(5-7-15)10-20(13-17(18)21)12-16-11-19(2)8-9-23-16/h4-7,16H,3,8-13H2,1-2H3,(H2,18,21). The van der Waals surface area contributed by atoms with Crippen LogP contribution in [0.25, 0.3) is 0 Å². The van der Waals surface area contributed by atoms with Crippen molar-refractivity contribution in [2.75, 3.05) is 46.4 Å². The number of nitrogens with zero attached hydrogens (tertiary/aromatic N) is 2. The molecule has 128 valence electrons. The van der Waals surface area contributed by atoms with E-state index in [1.807, 2.05) is 36.1 Å². The summed E-state index contributed by atoms with van der Waals surface area (Å²) in [7, 11) is 2.08. The molecule has 0 spiro atoms. The Morgan fingerprint density at radius 2 is 2.17 bits per heavy atom. The van der Waals surface area contributed by atoms with Gasteiger partial charge in [0.15, 0.2) is 0 Å². The van der Waals surface area contributed by atoms with E-state index in [9.17, 15) is 4.79 Å². The third-order valence-corrected chi connectivity index (χ3v) is 3.82. The van der Waals surface area contributed by atoms with Gasteiger partial charge in [0.05, 0.1) is 25.9 Å². The van der Waals surface area contributed by atoms with Crippen LogP contribution in [0.15, 0.2) is 24.3 Å². The van der Waals surface area contributed by atoms with Crippen molar-refractivity contribution in [3.63, 3.8) is 0 Å².